The van der Waals surface area contributed by atoms with Gasteiger partial charge in [0.2, 0.25) is 0 Å². The van der Waals surface area contributed by atoms with Crippen molar-refractivity contribution in [3.8, 4) is 0 Å². The number of hydrogen-bond donors (Lipinski definition) is 2. The van der Waals surface area contributed by atoms with E-state index in [0.29, 0.717) is 22.6 Å². The van der Waals surface area contributed by atoms with Crippen LogP contribution in [0.4, 0.5) is 8.78 Å². The van der Waals surface area contributed by atoms with Crippen LogP contribution in [0.15, 0.2) is 23.1 Å². The molecule has 0 aromatic heterocycles. The minimum Gasteiger partial charge on any atom is -0.394 e. The Bertz CT molecular complexity index is 491. The van der Waals surface area contributed by atoms with Crippen molar-refractivity contribution in [2.45, 2.75) is 42.2 Å². The molecule has 1 atom stereocenters. The Morgan fingerprint density at radius 1 is 1.25 bits per heavy atom. The van der Waals surface area contributed by atoms with Crippen LogP contribution in [0.3, 0.4) is 0 Å². The molecule has 20 heavy (non-hydrogen) atoms. The summed E-state index contributed by atoms with van der Waals surface area (Å²) >= 11 is 1.29. The maximum atomic E-state index is 13.7. The smallest absolute Gasteiger partial charge is 0.136 e. The lowest BCUT2D eigenvalue weighted by Gasteiger charge is -2.33. The molecule has 1 unspecified atom stereocenters. The van der Waals surface area contributed by atoms with Gasteiger partial charge in [-0.15, -0.1) is 11.8 Å². The number of benzene rings is 1. The van der Waals surface area contributed by atoms with Crippen molar-refractivity contribution >= 4 is 11.8 Å². The summed E-state index contributed by atoms with van der Waals surface area (Å²) in [7, 11) is 0. The van der Waals surface area contributed by atoms with Crippen LogP contribution in [0.1, 0.15) is 25.7 Å². The van der Waals surface area contributed by atoms with Crippen LogP contribution >= 0.6 is 11.8 Å². The molecule has 2 nitrogen and oxygen atoms in total. The summed E-state index contributed by atoms with van der Waals surface area (Å²) in [5, 5.41) is 13.4. The fraction of sp³-hybridized carbons (Fsp3) is 0.600. The molecule has 3 rings (SSSR count). The van der Waals surface area contributed by atoms with Crippen LogP contribution in [0.2, 0.25) is 0 Å². The minimum atomic E-state index is -0.426. The molecule has 0 amide bonds. The molecule has 2 aliphatic carbocycles. The molecule has 0 radical (unpaired) electrons. The van der Waals surface area contributed by atoms with E-state index >= 15 is 0 Å². The van der Waals surface area contributed by atoms with Gasteiger partial charge in [0.15, 0.2) is 0 Å². The highest BCUT2D eigenvalue weighted by molar-refractivity contribution is 7.99. The van der Waals surface area contributed by atoms with Crippen molar-refractivity contribution in [1.29, 1.82) is 0 Å². The molecule has 0 spiro atoms. The Morgan fingerprint density at radius 3 is 2.60 bits per heavy atom. The van der Waals surface area contributed by atoms with Gasteiger partial charge in [0, 0.05) is 16.7 Å². The summed E-state index contributed by atoms with van der Waals surface area (Å²) < 4.78 is 26.9. The molecule has 2 saturated carbocycles. The van der Waals surface area contributed by atoms with Crippen molar-refractivity contribution in [3.05, 3.63) is 29.8 Å². The molecule has 0 saturated heterocycles. The van der Waals surface area contributed by atoms with Gasteiger partial charge in [-0.2, -0.15) is 0 Å². The number of halogens is 2. The summed E-state index contributed by atoms with van der Waals surface area (Å²) in [6.45, 7) is 0.0537. The van der Waals surface area contributed by atoms with Gasteiger partial charge in [-0.25, -0.2) is 8.78 Å². The quantitative estimate of drug-likeness (QED) is 0.759. The maximum Gasteiger partial charge on any atom is 0.136 e. The lowest BCUT2D eigenvalue weighted by molar-refractivity contribution is 0.157. The fourth-order valence-corrected chi connectivity index (χ4v) is 3.79. The monoisotopic (exact) mass is 299 g/mol. The van der Waals surface area contributed by atoms with E-state index in [0.717, 1.165) is 37.8 Å². The first-order chi connectivity index (χ1) is 9.63. The first-order valence-corrected chi connectivity index (χ1v) is 8.08. The molecule has 0 aliphatic heterocycles. The average Bonchev–Trinajstić information content (AvgIpc) is 3.30. The van der Waals surface area contributed by atoms with E-state index in [2.05, 4.69) is 5.32 Å². The predicted molar refractivity (Wildman–Crippen MR) is 75.8 cm³/mol. The van der Waals surface area contributed by atoms with Gasteiger partial charge in [-0.05, 0) is 49.8 Å². The predicted octanol–water partition coefficient (Wildman–Crippen LogP) is 2.95. The van der Waals surface area contributed by atoms with E-state index < -0.39 is 11.6 Å². The normalized spacial score (nSPS) is 21.8. The third kappa shape index (κ3) is 3.15. The molecule has 2 fully saturated rings. The Kier molecular flexibility index (Phi) is 4.02. The Labute approximate surface area is 122 Å². The SMILES string of the molecule is OCC(CSc1cc(F)ccc1F)(NC1CC1)C1CC1. The molecule has 0 bridgehead atoms. The van der Waals surface area contributed by atoms with Crippen LogP contribution in [-0.4, -0.2) is 29.0 Å². The number of hydrogen-bond acceptors (Lipinski definition) is 3. The second kappa shape index (κ2) is 5.62. The van der Waals surface area contributed by atoms with Gasteiger partial charge in [0.25, 0.3) is 0 Å². The molecule has 2 aliphatic rings. The van der Waals surface area contributed by atoms with Crippen LogP contribution in [0.25, 0.3) is 0 Å². The van der Waals surface area contributed by atoms with Gasteiger partial charge in [-0.3, -0.25) is 0 Å². The molecule has 5 heteroatoms. The zero-order chi connectivity index (χ0) is 14.2. The van der Waals surface area contributed by atoms with E-state index in [-0.39, 0.29) is 12.1 Å². The third-order valence-corrected chi connectivity index (χ3v) is 5.37. The van der Waals surface area contributed by atoms with Gasteiger partial charge in [0.05, 0.1) is 12.1 Å². The van der Waals surface area contributed by atoms with Crippen molar-refractivity contribution in [2.24, 2.45) is 5.92 Å². The van der Waals surface area contributed by atoms with Crippen molar-refractivity contribution in [2.75, 3.05) is 12.4 Å². The summed E-state index contributed by atoms with van der Waals surface area (Å²) in [6.07, 6.45) is 4.50. The number of thioether (sulfide) groups is 1. The van der Waals surface area contributed by atoms with E-state index in [1.165, 1.54) is 17.8 Å². The van der Waals surface area contributed by atoms with Crippen LogP contribution in [0.5, 0.6) is 0 Å². The Balaban J connectivity index is 1.71. The molecular weight excluding hydrogens is 280 g/mol. The second-order valence-electron chi connectivity index (χ2n) is 5.87. The van der Waals surface area contributed by atoms with Crippen LogP contribution in [0, 0.1) is 17.6 Å². The summed E-state index contributed by atoms with van der Waals surface area (Å²) in [5.41, 5.74) is -0.343. The zero-order valence-corrected chi connectivity index (χ0v) is 12.1. The van der Waals surface area contributed by atoms with E-state index in [1.807, 2.05) is 0 Å². The Hall–Kier alpha value is -0.650. The Morgan fingerprint density at radius 2 is 2.00 bits per heavy atom. The van der Waals surface area contributed by atoms with Gasteiger partial charge in [0.1, 0.15) is 11.6 Å². The molecule has 0 heterocycles. The molecular formula is C15H19F2NOS. The van der Waals surface area contributed by atoms with Crippen molar-refractivity contribution in [1.82, 2.24) is 5.32 Å². The number of aliphatic hydroxyl groups excluding tert-OH is 1. The highest BCUT2D eigenvalue weighted by Gasteiger charge is 2.47. The zero-order valence-electron chi connectivity index (χ0n) is 11.2. The lowest BCUT2D eigenvalue weighted by Crippen LogP contribution is -2.53. The van der Waals surface area contributed by atoms with E-state index in [9.17, 15) is 13.9 Å². The first-order valence-electron chi connectivity index (χ1n) is 7.09. The van der Waals surface area contributed by atoms with E-state index in [1.54, 1.807) is 0 Å². The largest absolute Gasteiger partial charge is 0.394 e. The van der Waals surface area contributed by atoms with Gasteiger partial charge >= 0.3 is 0 Å². The van der Waals surface area contributed by atoms with Gasteiger partial charge < -0.3 is 10.4 Å². The fourth-order valence-electron chi connectivity index (χ4n) is 2.56. The number of aliphatic hydroxyl groups is 1. The maximum absolute atomic E-state index is 13.7. The second-order valence-corrected chi connectivity index (χ2v) is 6.89. The molecule has 2 N–H and O–H groups in total. The third-order valence-electron chi connectivity index (χ3n) is 4.09. The van der Waals surface area contributed by atoms with Crippen LogP contribution < -0.4 is 5.32 Å². The molecule has 110 valence electrons. The average molecular weight is 299 g/mol. The minimum absolute atomic E-state index is 0.0537. The van der Waals surface area contributed by atoms with Crippen LogP contribution in [-0.2, 0) is 0 Å². The summed E-state index contributed by atoms with van der Waals surface area (Å²) in [6, 6.07) is 4.00. The first kappa shape index (κ1) is 14.3. The van der Waals surface area contributed by atoms with Crippen molar-refractivity contribution in [3.63, 3.8) is 0 Å². The van der Waals surface area contributed by atoms with Crippen molar-refractivity contribution < 1.29 is 13.9 Å². The highest BCUT2D eigenvalue weighted by Crippen LogP contribution is 2.44. The standard InChI is InChI=1S/C15H19F2NOS/c16-11-3-6-13(17)14(7-11)20-9-15(8-19,10-1-2-10)18-12-4-5-12/h3,6-7,10,12,18-19H,1-2,4-5,8-9H2. The summed E-state index contributed by atoms with van der Waals surface area (Å²) in [5.74, 6) is 0.207. The highest BCUT2D eigenvalue weighted by atomic mass is 32.2. The van der Waals surface area contributed by atoms with E-state index in [4.69, 9.17) is 0 Å². The molecule has 1 aromatic carbocycles. The molecule has 1 aromatic rings. The number of rotatable bonds is 7. The summed E-state index contributed by atoms with van der Waals surface area (Å²) in [4.78, 5) is 0.320. The lowest BCUT2D eigenvalue weighted by atomic mass is 9.96. The number of nitrogens with one attached hydrogen (secondary N) is 1. The topological polar surface area (TPSA) is 32.3 Å². The van der Waals surface area contributed by atoms with Gasteiger partial charge in [-0.1, -0.05) is 0 Å².